The summed E-state index contributed by atoms with van der Waals surface area (Å²) >= 11 is 0. The van der Waals surface area contributed by atoms with Gasteiger partial charge >= 0.3 is 6.09 Å². The number of likely N-dealkylation sites (tertiary alicyclic amines) is 1. The van der Waals surface area contributed by atoms with Crippen LogP contribution in [0.4, 0.5) is 4.79 Å². The standard InChI is InChI=1S/C16H21NO3/c18-16(20-12-13-5-2-1-3-6-13)17-9-8-15-14(11-17)7-4-10-19-15/h1-3,5-6,14-15H,4,7-12H2/t14-,15-/m0/s1. The fourth-order valence-corrected chi connectivity index (χ4v) is 3.06. The molecule has 0 aliphatic carbocycles. The Morgan fingerprint density at radius 3 is 3.00 bits per heavy atom. The largest absolute Gasteiger partial charge is 0.445 e. The molecule has 4 heteroatoms. The fraction of sp³-hybridized carbons (Fsp3) is 0.562. The van der Waals surface area contributed by atoms with Gasteiger partial charge in [-0.05, 0) is 24.8 Å². The van der Waals surface area contributed by atoms with Gasteiger partial charge in [-0.1, -0.05) is 30.3 Å². The molecule has 0 saturated carbocycles. The number of rotatable bonds is 2. The van der Waals surface area contributed by atoms with E-state index in [1.54, 1.807) is 0 Å². The van der Waals surface area contributed by atoms with Gasteiger partial charge in [-0.3, -0.25) is 0 Å². The smallest absolute Gasteiger partial charge is 0.410 e. The summed E-state index contributed by atoms with van der Waals surface area (Å²) in [5, 5.41) is 0. The highest BCUT2D eigenvalue weighted by Gasteiger charge is 2.34. The van der Waals surface area contributed by atoms with Crippen molar-refractivity contribution in [3.8, 4) is 0 Å². The van der Waals surface area contributed by atoms with Crippen molar-refractivity contribution in [3.05, 3.63) is 35.9 Å². The van der Waals surface area contributed by atoms with Crippen LogP contribution in [0.25, 0.3) is 0 Å². The lowest BCUT2D eigenvalue weighted by Gasteiger charge is -2.40. The maximum atomic E-state index is 12.1. The molecule has 20 heavy (non-hydrogen) atoms. The second-order valence-electron chi connectivity index (χ2n) is 5.59. The summed E-state index contributed by atoms with van der Waals surface area (Å²) in [6.07, 6.45) is 3.35. The van der Waals surface area contributed by atoms with Gasteiger partial charge in [-0.2, -0.15) is 0 Å². The van der Waals surface area contributed by atoms with Crippen molar-refractivity contribution in [3.63, 3.8) is 0 Å². The van der Waals surface area contributed by atoms with Crippen molar-refractivity contribution >= 4 is 6.09 Å². The Morgan fingerprint density at radius 2 is 2.15 bits per heavy atom. The molecule has 4 nitrogen and oxygen atoms in total. The van der Waals surface area contributed by atoms with Crippen molar-refractivity contribution in [1.29, 1.82) is 0 Å². The zero-order valence-electron chi connectivity index (χ0n) is 11.7. The highest BCUT2D eigenvalue weighted by molar-refractivity contribution is 5.67. The number of ether oxygens (including phenoxy) is 2. The van der Waals surface area contributed by atoms with E-state index in [1.807, 2.05) is 35.2 Å². The van der Waals surface area contributed by atoms with E-state index in [2.05, 4.69) is 0 Å². The van der Waals surface area contributed by atoms with Crippen LogP contribution in [0.2, 0.25) is 0 Å². The molecule has 1 amide bonds. The average molecular weight is 275 g/mol. The summed E-state index contributed by atoms with van der Waals surface area (Å²) in [7, 11) is 0. The Labute approximate surface area is 119 Å². The Morgan fingerprint density at radius 1 is 1.30 bits per heavy atom. The normalized spacial score (nSPS) is 25.9. The Bertz CT molecular complexity index is 448. The predicted molar refractivity (Wildman–Crippen MR) is 75.3 cm³/mol. The zero-order valence-corrected chi connectivity index (χ0v) is 11.7. The van der Waals surface area contributed by atoms with Crippen LogP contribution in [0.5, 0.6) is 0 Å². The predicted octanol–water partition coefficient (Wildman–Crippen LogP) is 2.82. The average Bonchev–Trinajstić information content (AvgIpc) is 2.53. The number of carbonyl (C=O) groups is 1. The van der Waals surface area contributed by atoms with Crippen LogP contribution in [-0.2, 0) is 16.1 Å². The molecule has 0 spiro atoms. The molecule has 0 N–H and O–H groups in total. The molecule has 0 radical (unpaired) electrons. The van der Waals surface area contributed by atoms with Crippen molar-refractivity contribution in [2.75, 3.05) is 19.7 Å². The highest BCUT2D eigenvalue weighted by Crippen LogP contribution is 2.28. The minimum atomic E-state index is -0.196. The van der Waals surface area contributed by atoms with Crippen molar-refractivity contribution in [2.24, 2.45) is 5.92 Å². The van der Waals surface area contributed by atoms with E-state index >= 15 is 0 Å². The minimum absolute atomic E-state index is 0.196. The Kier molecular flexibility index (Phi) is 4.21. The lowest BCUT2D eigenvalue weighted by molar-refractivity contribution is -0.0639. The van der Waals surface area contributed by atoms with E-state index in [9.17, 15) is 4.79 Å². The van der Waals surface area contributed by atoms with Gasteiger partial charge < -0.3 is 14.4 Å². The van der Waals surface area contributed by atoms with Gasteiger partial charge in [0.1, 0.15) is 6.61 Å². The van der Waals surface area contributed by atoms with Gasteiger partial charge in [0.25, 0.3) is 0 Å². The molecule has 2 fully saturated rings. The maximum absolute atomic E-state index is 12.1. The number of fused-ring (bicyclic) bond motifs is 1. The lowest BCUT2D eigenvalue weighted by atomic mass is 9.89. The third-order valence-corrected chi connectivity index (χ3v) is 4.18. The number of amides is 1. The monoisotopic (exact) mass is 275 g/mol. The molecular formula is C16H21NO3. The quantitative estimate of drug-likeness (QED) is 0.833. The van der Waals surface area contributed by atoms with Gasteiger partial charge in [-0.25, -0.2) is 4.79 Å². The van der Waals surface area contributed by atoms with E-state index in [4.69, 9.17) is 9.47 Å². The van der Waals surface area contributed by atoms with Gasteiger partial charge in [0.15, 0.2) is 0 Å². The summed E-state index contributed by atoms with van der Waals surface area (Å²) < 4.78 is 11.2. The number of benzene rings is 1. The Balaban J connectivity index is 1.50. The van der Waals surface area contributed by atoms with Crippen molar-refractivity contribution in [1.82, 2.24) is 4.90 Å². The minimum Gasteiger partial charge on any atom is -0.445 e. The summed E-state index contributed by atoms with van der Waals surface area (Å²) in [5.41, 5.74) is 1.02. The number of hydrogen-bond donors (Lipinski definition) is 0. The molecule has 2 saturated heterocycles. The molecule has 2 aliphatic heterocycles. The van der Waals surface area contributed by atoms with Crippen LogP contribution in [0.1, 0.15) is 24.8 Å². The third kappa shape index (κ3) is 3.12. The first-order chi connectivity index (χ1) is 9.83. The Hall–Kier alpha value is -1.55. The summed E-state index contributed by atoms with van der Waals surface area (Å²) in [6.45, 7) is 2.74. The number of piperidine rings is 1. The lowest BCUT2D eigenvalue weighted by Crippen LogP contribution is -2.48. The molecule has 1 aromatic rings. The van der Waals surface area contributed by atoms with Crippen LogP contribution >= 0.6 is 0 Å². The van der Waals surface area contributed by atoms with E-state index in [0.717, 1.165) is 44.5 Å². The topological polar surface area (TPSA) is 38.8 Å². The molecule has 2 atom stereocenters. The van der Waals surface area contributed by atoms with Gasteiger partial charge in [0.05, 0.1) is 6.10 Å². The summed E-state index contributed by atoms with van der Waals surface area (Å²) in [5.74, 6) is 0.488. The van der Waals surface area contributed by atoms with Crippen LogP contribution in [0.3, 0.4) is 0 Å². The van der Waals surface area contributed by atoms with Crippen molar-refractivity contribution < 1.29 is 14.3 Å². The number of hydrogen-bond acceptors (Lipinski definition) is 3. The molecule has 108 valence electrons. The second kappa shape index (κ2) is 6.27. The SMILES string of the molecule is O=C(OCc1ccccc1)N1CC[C@@H]2OCCC[C@H]2C1. The molecule has 0 bridgehead atoms. The maximum Gasteiger partial charge on any atom is 0.410 e. The van der Waals surface area contributed by atoms with E-state index in [1.165, 1.54) is 0 Å². The van der Waals surface area contributed by atoms with Crippen LogP contribution in [0.15, 0.2) is 30.3 Å². The van der Waals surface area contributed by atoms with E-state index < -0.39 is 0 Å². The highest BCUT2D eigenvalue weighted by atomic mass is 16.6. The number of nitrogens with zero attached hydrogens (tertiary/aromatic N) is 1. The van der Waals surface area contributed by atoms with Crippen molar-refractivity contribution in [2.45, 2.75) is 32.0 Å². The first kappa shape index (κ1) is 13.4. The summed E-state index contributed by atoms with van der Waals surface area (Å²) in [4.78, 5) is 13.9. The first-order valence-electron chi connectivity index (χ1n) is 7.40. The molecular weight excluding hydrogens is 254 g/mol. The van der Waals surface area contributed by atoms with Gasteiger partial charge in [-0.15, -0.1) is 0 Å². The molecule has 2 heterocycles. The summed E-state index contributed by atoms with van der Waals surface area (Å²) in [6, 6.07) is 9.80. The second-order valence-corrected chi connectivity index (χ2v) is 5.59. The molecule has 1 aromatic carbocycles. The van der Waals surface area contributed by atoms with E-state index in [0.29, 0.717) is 18.6 Å². The fourth-order valence-electron chi connectivity index (χ4n) is 3.06. The van der Waals surface area contributed by atoms with Crippen LogP contribution in [0, 0.1) is 5.92 Å². The molecule has 3 rings (SSSR count). The molecule has 0 aromatic heterocycles. The number of carbonyl (C=O) groups excluding carboxylic acids is 1. The van der Waals surface area contributed by atoms with Crippen LogP contribution in [-0.4, -0.2) is 36.8 Å². The van der Waals surface area contributed by atoms with E-state index in [-0.39, 0.29) is 6.09 Å². The third-order valence-electron chi connectivity index (χ3n) is 4.18. The first-order valence-corrected chi connectivity index (χ1v) is 7.40. The molecule has 0 unspecified atom stereocenters. The van der Waals surface area contributed by atoms with Crippen LogP contribution < -0.4 is 0 Å². The van der Waals surface area contributed by atoms with Gasteiger partial charge in [0, 0.05) is 25.6 Å². The molecule has 2 aliphatic rings. The van der Waals surface area contributed by atoms with Gasteiger partial charge in [0.2, 0.25) is 0 Å². The zero-order chi connectivity index (χ0) is 13.8.